The molecule has 2 rings (SSSR count). The molecule has 108 valence electrons. The van der Waals surface area contributed by atoms with Crippen LogP contribution in [-0.2, 0) is 0 Å². The molecule has 0 heterocycles. The quantitative estimate of drug-likeness (QED) is 0.915. The Morgan fingerprint density at radius 2 is 2.00 bits per heavy atom. The molecule has 0 aromatic heterocycles. The van der Waals surface area contributed by atoms with E-state index in [1.54, 1.807) is 20.1 Å². The number of rotatable bonds is 4. The van der Waals surface area contributed by atoms with Crippen molar-refractivity contribution in [2.75, 3.05) is 12.4 Å². The number of nitrogens with one attached hydrogen (secondary N) is 1. The molecule has 21 heavy (non-hydrogen) atoms. The number of nitrogens with zero attached hydrogens (tertiary/aromatic N) is 1. The molecule has 0 saturated carbocycles. The van der Waals surface area contributed by atoms with Crippen LogP contribution >= 0.6 is 0 Å². The highest BCUT2D eigenvalue weighted by atomic mass is 19.1. The van der Waals surface area contributed by atoms with Gasteiger partial charge < -0.3 is 10.1 Å². The Morgan fingerprint density at radius 3 is 2.67 bits per heavy atom. The van der Waals surface area contributed by atoms with E-state index in [9.17, 15) is 4.39 Å². The maximum atomic E-state index is 13.8. The molecule has 0 aliphatic rings. The van der Waals surface area contributed by atoms with Crippen LogP contribution in [0.2, 0.25) is 0 Å². The van der Waals surface area contributed by atoms with Crippen molar-refractivity contribution >= 4 is 5.69 Å². The summed E-state index contributed by atoms with van der Waals surface area (Å²) >= 11 is 0. The van der Waals surface area contributed by atoms with E-state index in [1.165, 1.54) is 6.07 Å². The summed E-state index contributed by atoms with van der Waals surface area (Å²) in [5, 5.41) is 12.2. The number of hydrogen-bond acceptors (Lipinski definition) is 3. The van der Waals surface area contributed by atoms with Crippen molar-refractivity contribution in [3.63, 3.8) is 0 Å². The third kappa shape index (κ3) is 3.14. The molecule has 0 fully saturated rings. The van der Waals surface area contributed by atoms with Crippen LogP contribution in [0.5, 0.6) is 5.75 Å². The monoisotopic (exact) mass is 284 g/mol. The van der Waals surface area contributed by atoms with Crippen molar-refractivity contribution in [1.82, 2.24) is 0 Å². The van der Waals surface area contributed by atoms with Gasteiger partial charge in [-0.3, -0.25) is 0 Å². The van der Waals surface area contributed by atoms with Gasteiger partial charge in [-0.1, -0.05) is 18.2 Å². The highest BCUT2D eigenvalue weighted by Gasteiger charge is 2.14. The summed E-state index contributed by atoms with van der Waals surface area (Å²) in [5.41, 5.74) is 2.38. The molecule has 3 nitrogen and oxygen atoms in total. The summed E-state index contributed by atoms with van der Waals surface area (Å²) in [6, 6.07) is 12.5. The van der Waals surface area contributed by atoms with Crippen molar-refractivity contribution in [1.29, 1.82) is 5.26 Å². The average Bonchev–Trinajstić information content (AvgIpc) is 2.51. The highest BCUT2D eigenvalue weighted by molar-refractivity contribution is 5.57. The fourth-order valence-corrected chi connectivity index (χ4v) is 2.23. The zero-order chi connectivity index (χ0) is 15.4. The van der Waals surface area contributed by atoms with E-state index >= 15 is 0 Å². The standard InChI is InChI=1S/C17H17FN2O/c1-11-15(18)8-13(10-19)9-16(11)20-12(2)14-6-4-5-7-17(14)21-3/h4-9,12,20H,1-3H3. The van der Waals surface area contributed by atoms with E-state index in [0.29, 0.717) is 16.8 Å². The lowest BCUT2D eigenvalue weighted by Crippen LogP contribution is -2.10. The molecule has 4 heteroatoms. The van der Waals surface area contributed by atoms with Crippen molar-refractivity contribution < 1.29 is 9.13 Å². The van der Waals surface area contributed by atoms with Crippen molar-refractivity contribution in [2.24, 2.45) is 0 Å². The van der Waals surface area contributed by atoms with Gasteiger partial charge in [-0.25, -0.2) is 4.39 Å². The van der Waals surface area contributed by atoms with Crippen LogP contribution in [0.1, 0.15) is 29.7 Å². The molecule has 1 atom stereocenters. The molecular weight excluding hydrogens is 267 g/mol. The molecule has 0 aliphatic carbocycles. The second-order valence-corrected chi connectivity index (χ2v) is 4.85. The summed E-state index contributed by atoms with van der Waals surface area (Å²) in [5.74, 6) is 0.385. The van der Waals surface area contributed by atoms with E-state index in [0.717, 1.165) is 11.3 Å². The van der Waals surface area contributed by atoms with Crippen molar-refractivity contribution in [2.45, 2.75) is 19.9 Å². The van der Waals surface area contributed by atoms with Crippen LogP contribution in [0.15, 0.2) is 36.4 Å². The highest BCUT2D eigenvalue weighted by Crippen LogP contribution is 2.29. The number of nitriles is 1. The Labute approximate surface area is 124 Å². The van der Waals surface area contributed by atoms with Gasteiger partial charge in [-0.15, -0.1) is 0 Å². The second kappa shape index (κ2) is 6.27. The zero-order valence-corrected chi connectivity index (χ0v) is 12.3. The molecule has 0 radical (unpaired) electrons. The summed E-state index contributed by atoms with van der Waals surface area (Å²) in [4.78, 5) is 0. The number of benzene rings is 2. The number of hydrogen-bond donors (Lipinski definition) is 1. The van der Waals surface area contributed by atoms with E-state index in [-0.39, 0.29) is 11.9 Å². The fourth-order valence-electron chi connectivity index (χ4n) is 2.23. The lowest BCUT2D eigenvalue weighted by atomic mass is 10.0. The Kier molecular flexibility index (Phi) is 4.44. The van der Waals surface area contributed by atoms with Crippen molar-refractivity contribution in [3.05, 3.63) is 58.9 Å². The summed E-state index contributed by atoms with van der Waals surface area (Å²) in [6.45, 7) is 3.65. The third-order valence-electron chi connectivity index (χ3n) is 3.45. The first kappa shape index (κ1) is 14.9. The zero-order valence-electron chi connectivity index (χ0n) is 12.3. The molecule has 1 N–H and O–H groups in total. The van der Waals surface area contributed by atoms with Gasteiger partial charge in [-0.05, 0) is 32.0 Å². The lowest BCUT2D eigenvalue weighted by Gasteiger charge is -2.20. The van der Waals surface area contributed by atoms with E-state index < -0.39 is 0 Å². The minimum absolute atomic E-state index is 0.0757. The minimum atomic E-state index is -0.385. The molecule has 0 aliphatic heterocycles. The predicted molar refractivity (Wildman–Crippen MR) is 80.9 cm³/mol. The largest absolute Gasteiger partial charge is 0.496 e. The first-order valence-electron chi connectivity index (χ1n) is 6.66. The summed E-state index contributed by atoms with van der Waals surface area (Å²) < 4.78 is 19.1. The molecule has 1 unspecified atom stereocenters. The molecule has 0 saturated heterocycles. The molecular formula is C17H17FN2O. The normalized spacial score (nSPS) is 11.6. The lowest BCUT2D eigenvalue weighted by molar-refractivity contribution is 0.408. The smallest absolute Gasteiger partial charge is 0.129 e. The van der Waals surface area contributed by atoms with Crippen LogP contribution < -0.4 is 10.1 Å². The Morgan fingerprint density at radius 1 is 1.29 bits per heavy atom. The number of anilines is 1. The Hall–Kier alpha value is -2.54. The fraction of sp³-hybridized carbons (Fsp3) is 0.235. The SMILES string of the molecule is COc1ccccc1C(C)Nc1cc(C#N)cc(F)c1C. The Bertz CT molecular complexity index is 692. The molecule has 2 aromatic carbocycles. The van der Waals surface area contributed by atoms with Gasteiger partial charge in [0, 0.05) is 16.8 Å². The van der Waals surface area contributed by atoms with Crippen molar-refractivity contribution in [3.8, 4) is 11.8 Å². The molecule has 2 aromatic rings. The first-order valence-corrected chi connectivity index (χ1v) is 6.66. The summed E-state index contributed by atoms with van der Waals surface area (Å²) in [7, 11) is 1.62. The minimum Gasteiger partial charge on any atom is -0.496 e. The number of methoxy groups -OCH3 is 1. The maximum absolute atomic E-state index is 13.8. The summed E-state index contributed by atoms with van der Waals surface area (Å²) in [6.07, 6.45) is 0. The van der Waals surface area contributed by atoms with Gasteiger partial charge in [0.1, 0.15) is 11.6 Å². The number of halogens is 1. The van der Waals surface area contributed by atoms with E-state index in [1.807, 2.05) is 37.3 Å². The van der Waals surface area contributed by atoms with Crippen LogP contribution in [-0.4, -0.2) is 7.11 Å². The van der Waals surface area contributed by atoms with Gasteiger partial charge in [0.25, 0.3) is 0 Å². The van der Waals surface area contributed by atoms with Gasteiger partial charge in [0.15, 0.2) is 0 Å². The first-order chi connectivity index (χ1) is 10.1. The maximum Gasteiger partial charge on any atom is 0.129 e. The number of para-hydroxylation sites is 1. The molecule has 0 amide bonds. The molecule has 0 bridgehead atoms. The van der Waals surface area contributed by atoms with Gasteiger partial charge in [0.2, 0.25) is 0 Å². The molecule has 0 spiro atoms. The average molecular weight is 284 g/mol. The van der Waals surface area contributed by atoms with Gasteiger partial charge in [-0.2, -0.15) is 5.26 Å². The van der Waals surface area contributed by atoms with Gasteiger partial charge in [0.05, 0.1) is 24.8 Å². The second-order valence-electron chi connectivity index (χ2n) is 4.85. The van der Waals surface area contributed by atoms with Gasteiger partial charge >= 0.3 is 0 Å². The van der Waals surface area contributed by atoms with Crippen LogP contribution in [0.3, 0.4) is 0 Å². The predicted octanol–water partition coefficient (Wildman–Crippen LogP) is 4.19. The number of ether oxygens (including phenoxy) is 1. The van der Waals surface area contributed by atoms with Crippen LogP contribution in [0.4, 0.5) is 10.1 Å². The van der Waals surface area contributed by atoms with E-state index in [2.05, 4.69) is 5.32 Å². The third-order valence-corrected chi connectivity index (χ3v) is 3.45. The Balaban J connectivity index is 2.34. The topological polar surface area (TPSA) is 45.0 Å². The van der Waals surface area contributed by atoms with E-state index in [4.69, 9.17) is 10.00 Å². The van der Waals surface area contributed by atoms with Crippen LogP contribution in [0.25, 0.3) is 0 Å². The van der Waals surface area contributed by atoms with Crippen LogP contribution in [0, 0.1) is 24.1 Å².